The van der Waals surface area contributed by atoms with Crippen LogP contribution in [0.3, 0.4) is 0 Å². The van der Waals surface area contributed by atoms with Crippen LogP contribution >= 0.6 is 0 Å². The number of carbonyl (C=O) groups is 2. The Morgan fingerprint density at radius 3 is 1.00 bits per heavy atom. The molecule has 0 rings (SSSR count). The van der Waals surface area contributed by atoms with Crippen LogP contribution in [-0.2, 0) is 14.3 Å². The molecular formula is C55H109NO5. The van der Waals surface area contributed by atoms with Crippen molar-refractivity contribution in [3.05, 3.63) is 0 Å². The lowest BCUT2D eigenvalue weighted by Crippen LogP contribution is -2.46. The summed E-state index contributed by atoms with van der Waals surface area (Å²) < 4.78 is 5.95. The van der Waals surface area contributed by atoms with Crippen molar-refractivity contribution in [2.24, 2.45) is 0 Å². The van der Waals surface area contributed by atoms with Gasteiger partial charge >= 0.3 is 5.97 Å². The molecule has 0 aliphatic heterocycles. The monoisotopic (exact) mass is 864 g/mol. The number of hydrogen-bond donors (Lipinski definition) is 3. The van der Waals surface area contributed by atoms with Gasteiger partial charge in [-0.25, -0.2) is 0 Å². The number of esters is 1. The van der Waals surface area contributed by atoms with Crippen LogP contribution in [0, 0.1) is 0 Å². The van der Waals surface area contributed by atoms with E-state index in [9.17, 15) is 19.8 Å². The zero-order chi connectivity index (χ0) is 44.5. The molecule has 0 radical (unpaired) electrons. The molecule has 6 nitrogen and oxygen atoms in total. The van der Waals surface area contributed by atoms with E-state index in [0.717, 1.165) is 38.5 Å². The molecule has 0 saturated carbocycles. The number of amides is 1. The van der Waals surface area contributed by atoms with E-state index in [2.05, 4.69) is 26.1 Å². The highest BCUT2D eigenvalue weighted by Crippen LogP contribution is 2.19. The minimum absolute atomic E-state index is 0.0882. The normalized spacial score (nSPS) is 13.1. The average molecular weight is 864 g/mol. The molecule has 0 spiro atoms. The number of rotatable bonds is 51. The van der Waals surface area contributed by atoms with Gasteiger partial charge in [-0.1, -0.05) is 278 Å². The molecule has 364 valence electrons. The van der Waals surface area contributed by atoms with Crippen LogP contribution in [0.4, 0.5) is 0 Å². The molecule has 0 aromatic heterocycles. The van der Waals surface area contributed by atoms with Crippen molar-refractivity contribution < 1.29 is 24.5 Å². The molecule has 0 aliphatic rings. The van der Waals surface area contributed by atoms with Crippen molar-refractivity contribution in [1.82, 2.24) is 5.32 Å². The summed E-state index contributed by atoms with van der Waals surface area (Å²) in [7, 11) is 0. The minimum atomic E-state index is -0.779. The molecule has 0 saturated heterocycles. The Labute approximate surface area is 381 Å². The molecule has 1 amide bonds. The van der Waals surface area contributed by atoms with Crippen molar-refractivity contribution in [1.29, 1.82) is 0 Å². The highest BCUT2D eigenvalue weighted by atomic mass is 16.5. The van der Waals surface area contributed by atoms with Gasteiger partial charge in [0.25, 0.3) is 0 Å². The molecule has 61 heavy (non-hydrogen) atoms. The zero-order valence-corrected chi connectivity index (χ0v) is 41.6. The first-order valence-corrected chi connectivity index (χ1v) is 27.8. The van der Waals surface area contributed by atoms with E-state index in [1.165, 1.54) is 231 Å². The van der Waals surface area contributed by atoms with Crippen LogP contribution in [0.15, 0.2) is 0 Å². The van der Waals surface area contributed by atoms with E-state index in [1.807, 2.05) is 0 Å². The van der Waals surface area contributed by atoms with Crippen molar-refractivity contribution in [3.63, 3.8) is 0 Å². The van der Waals surface area contributed by atoms with Crippen LogP contribution in [0.5, 0.6) is 0 Å². The molecule has 0 bridgehead atoms. The minimum Gasteiger partial charge on any atom is -0.462 e. The molecular weight excluding hydrogens is 755 g/mol. The Morgan fingerprint density at radius 1 is 0.410 bits per heavy atom. The Kier molecular flexibility index (Phi) is 48.9. The van der Waals surface area contributed by atoms with Gasteiger partial charge in [0, 0.05) is 6.42 Å². The average Bonchev–Trinajstić information content (AvgIpc) is 3.25. The summed E-state index contributed by atoms with van der Waals surface area (Å²) in [6.45, 7) is 6.52. The molecule has 3 atom stereocenters. The van der Waals surface area contributed by atoms with E-state index in [4.69, 9.17) is 4.74 Å². The SMILES string of the molecule is CCCCCCCCCCCCCCCCCCC(O)C(CO)NC(=O)CC(CCCCCCCCCCCCCCC)OC(=O)CCCCCCCCCCCCCCC. The highest BCUT2D eigenvalue weighted by Gasteiger charge is 2.24. The second kappa shape index (κ2) is 49.9. The van der Waals surface area contributed by atoms with Crippen molar-refractivity contribution in [2.45, 2.75) is 334 Å². The van der Waals surface area contributed by atoms with Gasteiger partial charge in [-0.05, 0) is 25.7 Å². The van der Waals surface area contributed by atoms with Gasteiger partial charge in [-0.3, -0.25) is 9.59 Å². The number of aliphatic hydroxyl groups excluding tert-OH is 2. The van der Waals surface area contributed by atoms with Gasteiger partial charge in [0.2, 0.25) is 5.91 Å². The van der Waals surface area contributed by atoms with E-state index >= 15 is 0 Å². The molecule has 0 aromatic rings. The van der Waals surface area contributed by atoms with E-state index in [0.29, 0.717) is 19.3 Å². The molecule has 0 heterocycles. The molecule has 0 fully saturated rings. The fraction of sp³-hybridized carbons (Fsp3) is 0.964. The van der Waals surface area contributed by atoms with Gasteiger partial charge < -0.3 is 20.3 Å². The first-order chi connectivity index (χ1) is 30.0. The summed E-state index contributed by atoms with van der Waals surface area (Å²) in [5.74, 6) is -0.448. The van der Waals surface area contributed by atoms with Crippen LogP contribution in [0.25, 0.3) is 0 Å². The first-order valence-electron chi connectivity index (χ1n) is 27.8. The van der Waals surface area contributed by atoms with Gasteiger partial charge in [0.05, 0.1) is 25.2 Å². The lowest BCUT2D eigenvalue weighted by atomic mass is 10.0. The smallest absolute Gasteiger partial charge is 0.306 e. The summed E-state index contributed by atoms with van der Waals surface area (Å²) >= 11 is 0. The number of unbranched alkanes of at least 4 members (excludes halogenated alkanes) is 39. The molecule has 3 N–H and O–H groups in total. The summed E-state index contributed by atoms with van der Waals surface area (Å²) in [6, 6.07) is -0.692. The second-order valence-corrected chi connectivity index (χ2v) is 19.4. The number of aliphatic hydroxyl groups is 2. The van der Waals surface area contributed by atoms with Gasteiger partial charge in [0.1, 0.15) is 6.10 Å². The zero-order valence-electron chi connectivity index (χ0n) is 41.6. The number of ether oxygens (including phenoxy) is 1. The molecule has 0 aliphatic carbocycles. The standard InChI is InChI=1S/C55H109NO5/c1-4-7-10-13-16-19-22-25-26-27-30-32-35-38-41-44-47-53(58)52(50-57)56-54(59)49-51(46-43-40-37-34-31-28-23-20-17-14-11-8-5-2)61-55(60)48-45-42-39-36-33-29-24-21-18-15-12-9-6-3/h51-53,57-58H,4-50H2,1-3H3,(H,56,59). The number of hydrogen-bond acceptors (Lipinski definition) is 5. The van der Waals surface area contributed by atoms with Crippen LogP contribution in [0.1, 0.15) is 316 Å². The van der Waals surface area contributed by atoms with Crippen LogP contribution in [0.2, 0.25) is 0 Å². The largest absolute Gasteiger partial charge is 0.462 e. The molecule has 6 heteroatoms. The first kappa shape index (κ1) is 59.9. The molecule has 0 aromatic carbocycles. The van der Waals surface area contributed by atoms with E-state index < -0.39 is 18.2 Å². The quantitative estimate of drug-likeness (QED) is 0.0418. The third kappa shape index (κ3) is 45.2. The highest BCUT2D eigenvalue weighted by molar-refractivity contribution is 5.77. The Hall–Kier alpha value is -1.14. The summed E-state index contributed by atoms with van der Waals surface area (Å²) in [4.78, 5) is 26.2. The topological polar surface area (TPSA) is 95.9 Å². The Balaban J connectivity index is 4.46. The lowest BCUT2D eigenvalue weighted by molar-refractivity contribution is -0.151. The predicted molar refractivity (Wildman–Crippen MR) is 264 cm³/mol. The number of carbonyl (C=O) groups excluding carboxylic acids is 2. The van der Waals surface area contributed by atoms with E-state index in [1.54, 1.807) is 0 Å². The summed E-state index contributed by atoms with van der Waals surface area (Å²) in [5, 5.41) is 23.9. The third-order valence-electron chi connectivity index (χ3n) is 13.2. The maximum Gasteiger partial charge on any atom is 0.306 e. The summed E-state index contributed by atoms with van der Waals surface area (Å²) in [6.07, 6.45) is 54.5. The predicted octanol–water partition coefficient (Wildman–Crippen LogP) is 16.7. The van der Waals surface area contributed by atoms with Crippen molar-refractivity contribution in [2.75, 3.05) is 6.61 Å². The summed E-state index contributed by atoms with van der Waals surface area (Å²) in [5.41, 5.74) is 0. The van der Waals surface area contributed by atoms with Gasteiger partial charge in [-0.15, -0.1) is 0 Å². The Morgan fingerprint density at radius 2 is 0.689 bits per heavy atom. The molecule has 3 unspecified atom stereocenters. The lowest BCUT2D eigenvalue weighted by Gasteiger charge is -2.24. The fourth-order valence-electron chi connectivity index (χ4n) is 8.96. The Bertz CT molecular complexity index is 882. The van der Waals surface area contributed by atoms with Crippen LogP contribution in [-0.4, -0.2) is 46.9 Å². The number of nitrogens with one attached hydrogen (secondary N) is 1. The van der Waals surface area contributed by atoms with Crippen LogP contribution < -0.4 is 5.32 Å². The third-order valence-corrected chi connectivity index (χ3v) is 13.2. The van der Waals surface area contributed by atoms with E-state index in [-0.39, 0.29) is 24.9 Å². The maximum absolute atomic E-state index is 13.2. The second-order valence-electron chi connectivity index (χ2n) is 19.4. The maximum atomic E-state index is 13.2. The fourth-order valence-corrected chi connectivity index (χ4v) is 8.96. The van der Waals surface area contributed by atoms with Gasteiger partial charge in [-0.2, -0.15) is 0 Å². The van der Waals surface area contributed by atoms with Crippen molar-refractivity contribution in [3.8, 4) is 0 Å². The van der Waals surface area contributed by atoms with Gasteiger partial charge in [0.15, 0.2) is 0 Å². The van der Waals surface area contributed by atoms with Crippen molar-refractivity contribution >= 4 is 11.9 Å².